The van der Waals surface area contributed by atoms with Crippen molar-refractivity contribution in [2.45, 2.75) is 25.9 Å². The minimum atomic E-state index is -0.112. The third-order valence-corrected chi connectivity index (χ3v) is 7.66. The quantitative estimate of drug-likeness (QED) is 0.244. The van der Waals surface area contributed by atoms with Crippen LogP contribution in [0.4, 0.5) is 5.69 Å². The number of rotatable bonds is 6. The van der Waals surface area contributed by atoms with Crippen molar-refractivity contribution >= 4 is 34.4 Å². The standard InChI is InChI=1S/C29H25N5OS2/c1-19-18-24(20(2)33(19)29-31-16-17-37-29)27-26(25-10-6-7-15-30-25)32-28(36)34(27)21-11-13-23(14-12-21)35-22-8-4-3-5-9-22/h3-18,26-27H,1-2H3,(H,32,36)/t26-,27-/m1/s1. The SMILES string of the molecule is Cc1cc([C@@H]2[C@@H](c3ccccn3)NC(=S)N2c2ccc(Oc3ccccc3)cc2)c(C)n1-c1nccs1. The van der Waals surface area contributed by atoms with Crippen LogP contribution >= 0.6 is 23.6 Å². The van der Waals surface area contributed by atoms with Crippen LogP contribution in [-0.4, -0.2) is 19.6 Å². The second-order valence-electron chi connectivity index (χ2n) is 8.88. The molecule has 4 heterocycles. The highest BCUT2D eigenvalue weighted by Gasteiger charge is 2.42. The van der Waals surface area contributed by atoms with Gasteiger partial charge in [0.05, 0.1) is 17.8 Å². The van der Waals surface area contributed by atoms with E-state index in [-0.39, 0.29) is 12.1 Å². The van der Waals surface area contributed by atoms with Crippen LogP contribution in [0.1, 0.15) is 34.7 Å². The minimum absolute atomic E-state index is 0.0943. The molecular formula is C29H25N5OS2. The Balaban J connectivity index is 1.41. The summed E-state index contributed by atoms with van der Waals surface area (Å²) in [7, 11) is 0. The number of anilines is 1. The van der Waals surface area contributed by atoms with E-state index in [1.807, 2.05) is 78.4 Å². The number of thiazole rings is 1. The first-order valence-corrected chi connectivity index (χ1v) is 13.3. The van der Waals surface area contributed by atoms with Crippen LogP contribution < -0.4 is 15.0 Å². The number of aromatic nitrogens is 3. The van der Waals surface area contributed by atoms with E-state index in [0.717, 1.165) is 39.4 Å². The van der Waals surface area contributed by atoms with Gasteiger partial charge in [0.2, 0.25) is 0 Å². The molecule has 6 rings (SSSR count). The van der Waals surface area contributed by atoms with Crippen molar-refractivity contribution in [2.24, 2.45) is 0 Å². The average molecular weight is 524 g/mol. The highest BCUT2D eigenvalue weighted by Crippen LogP contribution is 2.44. The number of ether oxygens (including phenoxy) is 1. The summed E-state index contributed by atoms with van der Waals surface area (Å²) in [6.07, 6.45) is 3.67. The molecule has 1 saturated heterocycles. The monoisotopic (exact) mass is 523 g/mol. The van der Waals surface area contributed by atoms with Gasteiger partial charge in [-0.25, -0.2) is 4.98 Å². The van der Waals surface area contributed by atoms with E-state index in [0.29, 0.717) is 5.11 Å². The molecule has 3 aromatic heterocycles. The van der Waals surface area contributed by atoms with Gasteiger partial charge in [-0.05, 0) is 86.2 Å². The van der Waals surface area contributed by atoms with E-state index in [1.54, 1.807) is 11.3 Å². The fourth-order valence-corrected chi connectivity index (χ4v) is 6.05. The van der Waals surface area contributed by atoms with E-state index in [1.165, 1.54) is 5.56 Å². The lowest BCUT2D eigenvalue weighted by atomic mass is 9.96. The Morgan fingerprint density at radius 1 is 0.892 bits per heavy atom. The summed E-state index contributed by atoms with van der Waals surface area (Å²) < 4.78 is 8.23. The summed E-state index contributed by atoms with van der Waals surface area (Å²) in [4.78, 5) is 11.4. The van der Waals surface area contributed by atoms with Crippen molar-refractivity contribution < 1.29 is 4.74 Å². The zero-order valence-corrected chi connectivity index (χ0v) is 22.0. The van der Waals surface area contributed by atoms with Gasteiger partial charge in [0.1, 0.15) is 11.5 Å². The molecule has 0 bridgehead atoms. The normalized spacial score (nSPS) is 17.1. The average Bonchev–Trinajstić information content (AvgIpc) is 3.63. The molecule has 2 aromatic carbocycles. The first-order chi connectivity index (χ1) is 18.1. The van der Waals surface area contributed by atoms with Crippen LogP contribution in [0.5, 0.6) is 11.5 Å². The molecule has 184 valence electrons. The second kappa shape index (κ2) is 9.80. The maximum absolute atomic E-state index is 6.02. The van der Waals surface area contributed by atoms with E-state index in [9.17, 15) is 0 Å². The topological polar surface area (TPSA) is 55.2 Å². The zero-order valence-electron chi connectivity index (χ0n) is 20.4. The number of benzene rings is 2. The summed E-state index contributed by atoms with van der Waals surface area (Å²) in [5, 5.41) is 7.18. The number of hydrogen-bond donors (Lipinski definition) is 1. The van der Waals surface area contributed by atoms with Crippen molar-refractivity contribution in [1.29, 1.82) is 0 Å². The van der Waals surface area contributed by atoms with Crippen molar-refractivity contribution in [3.8, 4) is 16.6 Å². The lowest BCUT2D eigenvalue weighted by Crippen LogP contribution is -2.29. The lowest BCUT2D eigenvalue weighted by molar-refractivity contribution is 0.482. The molecule has 8 heteroatoms. The molecule has 5 aromatic rings. The number of aryl methyl sites for hydroxylation is 1. The predicted molar refractivity (Wildman–Crippen MR) is 152 cm³/mol. The smallest absolute Gasteiger partial charge is 0.193 e. The number of thiocarbonyl (C=S) groups is 1. The summed E-state index contributed by atoms with van der Waals surface area (Å²) in [6, 6.07) is 25.9. The van der Waals surface area contributed by atoms with Gasteiger partial charge < -0.3 is 15.0 Å². The minimum Gasteiger partial charge on any atom is -0.457 e. The van der Waals surface area contributed by atoms with Gasteiger partial charge >= 0.3 is 0 Å². The molecule has 0 radical (unpaired) electrons. The van der Waals surface area contributed by atoms with Crippen LogP contribution in [0.15, 0.2) is 96.6 Å². The van der Waals surface area contributed by atoms with Crippen LogP contribution in [-0.2, 0) is 0 Å². The van der Waals surface area contributed by atoms with Gasteiger partial charge in [0, 0.05) is 34.8 Å². The fraction of sp³-hybridized carbons (Fsp3) is 0.138. The lowest BCUT2D eigenvalue weighted by Gasteiger charge is -2.28. The third kappa shape index (κ3) is 4.39. The molecule has 1 aliphatic rings. The molecule has 0 amide bonds. The molecule has 0 saturated carbocycles. The van der Waals surface area contributed by atoms with Crippen molar-refractivity contribution in [3.05, 3.63) is 119 Å². The van der Waals surface area contributed by atoms with Gasteiger partial charge in [-0.2, -0.15) is 0 Å². The summed E-state index contributed by atoms with van der Waals surface area (Å²) in [6.45, 7) is 4.27. The Bertz CT molecular complexity index is 1520. The second-order valence-corrected chi connectivity index (χ2v) is 10.1. The first-order valence-electron chi connectivity index (χ1n) is 12.0. The number of nitrogens with one attached hydrogen (secondary N) is 1. The van der Waals surface area contributed by atoms with Crippen molar-refractivity contribution in [3.63, 3.8) is 0 Å². The van der Waals surface area contributed by atoms with E-state index in [4.69, 9.17) is 17.0 Å². The molecule has 2 atom stereocenters. The van der Waals surface area contributed by atoms with Crippen LogP contribution in [0.25, 0.3) is 5.13 Å². The Labute approximate surface area is 225 Å². The first kappa shape index (κ1) is 23.4. The molecule has 1 N–H and O–H groups in total. The number of para-hydroxylation sites is 1. The summed E-state index contributed by atoms with van der Waals surface area (Å²) in [5.41, 5.74) is 5.38. The molecule has 0 aliphatic carbocycles. The Morgan fingerprint density at radius 3 is 2.35 bits per heavy atom. The van der Waals surface area contributed by atoms with Gasteiger partial charge in [0.25, 0.3) is 0 Å². The molecule has 6 nitrogen and oxygen atoms in total. The fourth-order valence-electron chi connectivity index (χ4n) is 4.96. The number of nitrogens with zero attached hydrogens (tertiary/aromatic N) is 4. The molecule has 1 fully saturated rings. The Kier molecular flexibility index (Phi) is 6.20. The number of hydrogen-bond acceptors (Lipinski definition) is 5. The Hall–Kier alpha value is -4.01. The zero-order chi connectivity index (χ0) is 25.4. The predicted octanol–water partition coefficient (Wildman–Crippen LogP) is 6.92. The molecule has 0 spiro atoms. The Morgan fingerprint density at radius 2 is 1.65 bits per heavy atom. The molecule has 0 unspecified atom stereocenters. The van der Waals surface area contributed by atoms with Crippen LogP contribution in [0, 0.1) is 13.8 Å². The summed E-state index contributed by atoms with van der Waals surface area (Å²) >= 11 is 7.54. The van der Waals surface area contributed by atoms with Crippen molar-refractivity contribution in [2.75, 3.05) is 4.90 Å². The number of pyridine rings is 1. The maximum atomic E-state index is 6.02. The van der Waals surface area contributed by atoms with E-state index < -0.39 is 0 Å². The van der Waals surface area contributed by atoms with Crippen LogP contribution in [0.2, 0.25) is 0 Å². The molecule has 37 heavy (non-hydrogen) atoms. The van der Waals surface area contributed by atoms with Gasteiger partial charge in [-0.15, -0.1) is 11.3 Å². The highest BCUT2D eigenvalue weighted by atomic mass is 32.1. The van der Waals surface area contributed by atoms with Gasteiger partial charge in [-0.1, -0.05) is 24.3 Å². The van der Waals surface area contributed by atoms with Gasteiger partial charge in [-0.3, -0.25) is 9.55 Å². The molecule has 1 aliphatic heterocycles. The third-order valence-electron chi connectivity index (χ3n) is 6.59. The summed E-state index contributed by atoms with van der Waals surface area (Å²) in [5.74, 6) is 1.57. The van der Waals surface area contributed by atoms with E-state index in [2.05, 4.69) is 56.8 Å². The van der Waals surface area contributed by atoms with Crippen LogP contribution in [0.3, 0.4) is 0 Å². The largest absolute Gasteiger partial charge is 0.457 e. The highest BCUT2D eigenvalue weighted by molar-refractivity contribution is 7.80. The maximum Gasteiger partial charge on any atom is 0.193 e. The van der Waals surface area contributed by atoms with Crippen molar-refractivity contribution in [1.82, 2.24) is 19.9 Å². The van der Waals surface area contributed by atoms with Gasteiger partial charge in [0.15, 0.2) is 10.2 Å². The van der Waals surface area contributed by atoms with E-state index >= 15 is 0 Å². The molecular weight excluding hydrogens is 498 g/mol.